The molecule has 10 nitrogen and oxygen atoms in total. The molecule has 3 aromatic carbocycles. The maximum absolute atomic E-state index is 12.3. The van der Waals surface area contributed by atoms with E-state index in [0.717, 1.165) is 16.9 Å². The van der Waals surface area contributed by atoms with E-state index in [-0.39, 0.29) is 45.0 Å². The summed E-state index contributed by atoms with van der Waals surface area (Å²) in [4.78, 5) is 27.1. The molecule has 2 aliphatic rings. The number of hydrogen-bond acceptors (Lipinski definition) is 8. The number of rotatable bonds is 8. The van der Waals surface area contributed by atoms with Crippen molar-refractivity contribution in [2.75, 3.05) is 26.3 Å². The molecule has 10 heteroatoms. The largest absolute Gasteiger partial charge is 0.491 e. The van der Waals surface area contributed by atoms with Crippen LogP contribution in [0.5, 0.6) is 5.75 Å². The minimum absolute atomic E-state index is 0.155. The Morgan fingerprint density at radius 3 is 1.57 bits per heavy atom. The van der Waals surface area contributed by atoms with E-state index in [1.54, 1.807) is 4.90 Å². The second kappa shape index (κ2) is 15.8. The summed E-state index contributed by atoms with van der Waals surface area (Å²) in [5.41, 5.74) is 1.84. The van der Waals surface area contributed by atoms with Gasteiger partial charge in [-0.05, 0) is 36.1 Å². The van der Waals surface area contributed by atoms with E-state index in [2.05, 4.69) is 0 Å². The SMILES string of the molecule is O=C(OCc1ccccc1)N1C[C@H](O)C[C@H]1CO.O=C(OCc1ccccc1)N1C[C@H](O)C[C@H]1COc1ccccc1. The van der Waals surface area contributed by atoms with Crippen LogP contribution in [0.4, 0.5) is 9.59 Å². The smallest absolute Gasteiger partial charge is 0.410 e. The van der Waals surface area contributed by atoms with E-state index < -0.39 is 24.4 Å². The first kappa shape index (κ1) is 30.8. The molecule has 2 saturated heterocycles. The molecule has 2 heterocycles. The molecule has 2 amide bonds. The van der Waals surface area contributed by atoms with Crippen molar-refractivity contribution < 1.29 is 39.1 Å². The standard InChI is InChI=1S/C19H21NO4.C13H17NO4/c21-17-11-16(14-23-18-9-5-2-6-10-18)20(12-17)19(22)24-13-15-7-3-1-4-8-15;15-8-11-6-12(16)7-14(11)13(17)18-9-10-4-2-1-3-5-10/h1-10,16-17,21H,11-14H2;1-5,11-12,15-16H,6-9H2/t16-,17+;11-,12+/m00/s1. The monoisotopic (exact) mass is 578 g/mol. The number of β-amino-alcohol motifs (C(OH)–C–C–N with tert-alkyl or cyclic N) is 2. The highest BCUT2D eigenvalue weighted by Gasteiger charge is 2.36. The number of ether oxygens (including phenoxy) is 3. The van der Waals surface area contributed by atoms with Crippen molar-refractivity contribution >= 4 is 12.2 Å². The van der Waals surface area contributed by atoms with E-state index >= 15 is 0 Å². The number of carbonyl (C=O) groups excluding carboxylic acids is 2. The molecule has 0 saturated carbocycles. The van der Waals surface area contributed by atoms with Gasteiger partial charge < -0.3 is 34.4 Å². The molecule has 0 bridgehead atoms. The highest BCUT2D eigenvalue weighted by Crippen LogP contribution is 2.21. The zero-order valence-electron chi connectivity index (χ0n) is 23.4. The molecule has 2 fully saturated rings. The third kappa shape index (κ3) is 9.20. The number of aliphatic hydroxyl groups is 3. The molecule has 3 aromatic rings. The zero-order chi connectivity index (χ0) is 29.7. The Hall–Kier alpha value is -4.12. The van der Waals surface area contributed by atoms with Crippen LogP contribution in [0.3, 0.4) is 0 Å². The van der Waals surface area contributed by atoms with Crippen LogP contribution in [-0.2, 0) is 22.7 Å². The minimum Gasteiger partial charge on any atom is -0.491 e. The van der Waals surface area contributed by atoms with Gasteiger partial charge in [0.15, 0.2) is 0 Å². The molecule has 5 rings (SSSR count). The summed E-state index contributed by atoms with van der Waals surface area (Å²) in [6, 6.07) is 27.8. The summed E-state index contributed by atoms with van der Waals surface area (Å²) in [6.45, 7) is 1.09. The van der Waals surface area contributed by atoms with Crippen LogP contribution < -0.4 is 4.74 Å². The molecule has 0 unspecified atom stereocenters. The molecule has 3 N–H and O–H groups in total. The van der Waals surface area contributed by atoms with Gasteiger partial charge >= 0.3 is 12.2 Å². The molecule has 0 radical (unpaired) electrons. The van der Waals surface area contributed by atoms with Crippen LogP contribution in [0, 0.1) is 0 Å². The average Bonchev–Trinajstić information content (AvgIpc) is 3.61. The van der Waals surface area contributed by atoms with Gasteiger partial charge in [0.05, 0.1) is 44.0 Å². The Kier molecular flexibility index (Phi) is 11.6. The van der Waals surface area contributed by atoms with Crippen molar-refractivity contribution in [1.29, 1.82) is 0 Å². The predicted octanol–water partition coefficient (Wildman–Crippen LogP) is 3.59. The fourth-order valence-corrected chi connectivity index (χ4v) is 4.88. The lowest BCUT2D eigenvalue weighted by molar-refractivity contribution is 0.0772. The third-order valence-electron chi connectivity index (χ3n) is 7.06. The third-order valence-corrected chi connectivity index (χ3v) is 7.06. The fraction of sp³-hybridized carbons (Fsp3) is 0.375. The lowest BCUT2D eigenvalue weighted by Crippen LogP contribution is -2.39. The summed E-state index contributed by atoms with van der Waals surface area (Å²) < 4.78 is 16.2. The van der Waals surface area contributed by atoms with Gasteiger partial charge in [-0.3, -0.25) is 4.90 Å². The molecule has 0 spiro atoms. The van der Waals surface area contributed by atoms with E-state index in [1.807, 2.05) is 91.0 Å². The maximum Gasteiger partial charge on any atom is 0.410 e. The average molecular weight is 579 g/mol. The minimum atomic E-state index is -0.577. The van der Waals surface area contributed by atoms with Crippen molar-refractivity contribution in [3.05, 3.63) is 102 Å². The number of nitrogens with zero attached hydrogens (tertiary/aromatic N) is 2. The van der Waals surface area contributed by atoms with Crippen molar-refractivity contribution in [3.8, 4) is 5.75 Å². The first-order valence-corrected chi connectivity index (χ1v) is 14.0. The zero-order valence-corrected chi connectivity index (χ0v) is 23.4. The highest BCUT2D eigenvalue weighted by molar-refractivity contribution is 5.69. The van der Waals surface area contributed by atoms with Gasteiger partial charge in [-0.2, -0.15) is 0 Å². The fourth-order valence-electron chi connectivity index (χ4n) is 4.88. The Bertz CT molecular complexity index is 1230. The highest BCUT2D eigenvalue weighted by atomic mass is 16.6. The van der Waals surface area contributed by atoms with Crippen LogP contribution >= 0.6 is 0 Å². The number of carbonyl (C=O) groups is 2. The summed E-state index contributed by atoms with van der Waals surface area (Å²) >= 11 is 0. The lowest BCUT2D eigenvalue weighted by atomic mass is 10.2. The Balaban J connectivity index is 0.000000201. The molecule has 0 aromatic heterocycles. The van der Waals surface area contributed by atoms with Crippen molar-refractivity contribution in [1.82, 2.24) is 9.80 Å². The number of hydrogen-bond donors (Lipinski definition) is 3. The van der Waals surface area contributed by atoms with E-state index in [4.69, 9.17) is 19.3 Å². The Morgan fingerprint density at radius 2 is 1.10 bits per heavy atom. The molecule has 4 atom stereocenters. The van der Waals surface area contributed by atoms with Gasteiger partial charge in [-0.25, -0.2) is 9.59 Å². The van der Waals surface area contributed by atoms with E-state index in [9.17, 15) is 19.8 Å². The van der Waals surface area contributed by atoms with E-state index in [0.29, 0.717) is 19.4 Å². The van der Waals surface area contributed by atoms with Crippen LogP contribution in [-0.4, -0.2) is 87.9 Å². The van der Waals surface area contributed by atoms with Crippen molar-refractivity contribution in [3.63, 3.8) is 0 Å². The van der Waals surface area contributed by atoms with Gasteiger partial charge in [0, 0.05) is 0 Å². The number of benzene rings is 3. The summed E-state index contributed by atoms with van der Waals surface area (Å²) in [6.07, 6.45) is -1.14. The Morgan fingerprint density at radius 1 is 0.667 bits per heavy atom. The lowest BCUT2D eigenvalue weighted by Gasteiger charge is -2.23. The van der Waals surface area contributed by atoms with Crippen LogP contribution in [0.15, 0.2) is 91.0 Å². The topological polar surface area (TPSA) is 129 Å². The first-order valence-electron chi connectivity index (χ1n) is 14.0. The molecular formula is C32H38N2O8. The van der Waals surface area contributed by atoms with Crippen LogP contribution in [0.25, 0.3) is 0 Å². The first-order chi connectivity index (χ1) is 20.4. The summed E-state index contributed by atoms with van der Waals surface area (Å²) in [5.74, 6) is 0.747. The van der Waals surface area contributed by atoms with Gasteiger partial charge in [0.2, 0.25) is 0 Å². The molecule has 42 heavy (non-hydrogen) atoms. The number of amides is 2. The van der Waals surface area contributed by atoms with E-state index in [1.165, 1.54) is 4.90 Å². The van der Waals surface area contributed by atoms with Gasteiger partial charge in [-0.15, -0.1) is 0 Å². The molecule has 2 aliphatic heterocycles. The molecule has 224 valence electrons. The number of likely N-dealkylation sites (tertiary alicyclic amines) is 2. The van der Waals surface area contributed by atoms with Crippen molar-refractivity contribution in [2.45, 2.75) is 50.3 Å². The molecular weight excluding hydrogens is 540 g/mol. The van der Waals surface area contributed by atoms with Crippen molar-refractivity contribution in [2.24, 2.45) is 0 Å². The second-order valence-corrected chi connectivity index (χ2v) is 10.3. The van der Waals surface area contributed by atoms with Gasteiger partial charge in [0.1, 0.15) is 25.6 Å². The summed E-state index contributed by atoms with van der Waals surface area (Å²) in [7, 11) is 0. The van der Waals surface area contributed by atoms with Gasteiger partial charge in [0.25, 0.3) is 0 Å². The Labute approximate surface area is 245 Å². The van der Waals surface area contributed by atoms with Crippen LogP contribution in [0.1, 0.15) is 24.0 Å². The predicted molar refractivity (Wildman–Crippen MR) is 155 cm³/mol. The number of aliphatic hydroxyl groups excluding tert-OH is 3. The number of para-hydroxylation sites is 1. The second-order valence-electron chi connectivity index (χ2n) is 10.3. The quantitative estimate of drug-likeness (QED) is 0.370. The summed E-state index contributed by atoms with van der Waals surface area (Å²) in [5, 5.41) is 28.5. The maximum atomic E-state index is 12.3. The molecule has 0 aliphatic carbocycles. The van der Waals surface area contributed by atoms with Gasteiger partial charge in [-0.1, -0.05) is 78.9 Å². The van der Waals surface area contributed by atoms with Crippen LogP contribution in [0.2, 0.25) is 0 Å². The normalized spacial score (nSPS) is 21.3.